The van der Waals surface area contributed by atoms with Gasteiger partial charge in [0.2, 0.25) is 0 Å². The largest absolute Gasteiger partial charge is 0.497 e. The third-order valence-electron chi connectivity index (χ3n) is 7.99. The summed E-state index contributed by atoms with van der Waals surface area (Å²) in [5, 5.41) is 3.57. The first-order valence-corrected chi connectivity index (χ1v) is 14.0. The highest BCUT2D eigenvalue weighted by atomic mass is 16.5. The first-order chi connectivity index (χ1) is 19.2. The summed E-state index contributed by atoms with van der Waals surface area (Å²) in [5.41, 5.74) is 5.07. The molecule has 7 nitrogen and oxygen atoms in total. The molecular formula is C33H38N2O5. The maximum Gasteiger partial charge on any atom is 0.339 e. The van der Waals surface area contributed by atoms with E-state index in [1.807, 2.05) is 48.5 Å². The van der Waals surface area contributed by atoms with Crippen LogP contribution in [0.15, 0.2) is 48.5 Å². The number of methoxy groups -OCH3 is 1. The molecule has 40 heavy (non-hydrogen) atoms. The molecule has 2 aromatic carbocycles. The summed E-state index contributed by atoms with van der Waals surface area (Å²) in [7, 11) is 1.65. The lowest BCUT2D eigenvalue weighted by Crippen LogP contribution is -2.35. The molecule has 1 aliphatic heterocycles. The van der Waals surface area contributed by atoms with Crippen LogP contribution in [-0.2, 0) is 20.7 Å². The summed E-state index contributed by atoms with van der Waals surface area (Å²) in [4.78, 5) is 31.3. The van der Waals surface area contributed by atoms with Gasteiger partial charge in [-0.3, -0.25) is 4.79 Å². The lowest BCUT2D eigenvalue weighted by molar-refractivity contribution is -0.124. The van der Waals surface area contributed by atoms with Crippen LogP contribution >= 0.6 is 0 Å². The van der Waals surface area contributed by atoms with Gasteiger partial charge in [-0.1, -0.05) is 51.1 Å². The Kier molecular flexibility index (Phi) is 8.22. The second-order valence-electron chi connectivity index (χ2n) is 11.8. The van der Waals surface area contributed by atoms with E-state index in [1.165, 1.54) is 0 Å². The van der Waals surface area contributed by atoms with Gasteiger partial charge in [-0.15, -0.1) is 0 Å². The van der Waals surface area contributed by atoms with Gasteiger partial charge < -0.3 is 19.5 Å². The number of para-hydroxylation sites is 1. The molecule has 2 aliphatic rings. The fourth-order valence-electron chi connectivity index (χ4n) is 5.56. The van der Waals surface area contributed by atoms with E-state index in [0.717, 1.165) is 64.9 Å². The first kappa shape index (κ1) is 27.8. The molecule has 0 radical (unpaired) electrons. The quantitative estimate of drug-likeness (QED) is 0.377. The van der Waals surface area contributed by atoms with E-state index >= 15 is 0 Å². The molecule has 1 N–H and O–H groups in total. The number of aromatic nitrogens is 1. The zero-order valence-electron chi connectivity index (χ0n) is 23.8. The van der Waals surface area contributed by atoms with E-state index in [1.54, 1.807) is 7.11 Å². The van der Waals surface area contributed by atoms with Gasteiger partial charge in [-0.2, -0.15) is 0 Å². The Morgan fingerprint density at radius 1 is 1.10 bits per heavy atom. The van der Waals surface area contributed by atoms with Crippen molar-refractivity contribution in [2.24, 2.45) is 11.3 Å². The van der Waals surface area contributed by atoms with Crippen LogP contribution in [0.25, 0.3) is 22.6 Å². The molecule has 2 atom stereocenters. The molecule has 1 aliphatic carbocycles. The maximum absolute atomic E-state index is 13.7. The minimum absolute atomic E-state index is 0.00566. The number of allylic oxidation sites excluding steroid dienone is 1. The molecule has 7 heteroatoms. The van der Waals surface area contributed by atoms with Gasteiger partial charge in [0.1, 0.15) is 5.75 Å². The number of amides is 1. The number of nitrogens with one attached hydrogen (secondary N) is 1. The van der Waals surface area contributed by atoms with Crippen LogP contribution in [0.1, 0.15) is 67.2 Å². The highest BCUT2D eigenvalue weighted by molar-refractivity contribution is 6.07. The van der Waals surface area contributed by atoms with Crippen molar-refractivity contribution in [3.63, 3.8) is 0 Å². The number of benzene rings is 2. The van der Waals surface area contributed by atoms with Crippen molar-refractivity contribution < 1.29 is 23.8 Å². The topological polar surface area (TPSA) is 86.8 Å². The minimum atomic E-state index is -0.500. The Morgan fingerprint density at radius 2 is 1.88 bits per heavy atom. The highest BCUT2D eigenvalue weighted by Gasteiger charge is 2.35. The molecule has 0 saturated carbocycles. The standard InChI is InChI=1S/C33H38N2O5/c1-33(2,3)23-17-22(16-21-11-13-24(38-4)14-12-21)31-27(18-23)30(26-9-5-6-10-28(26)35-31)32(37)40-20-29(36)34-19-25-8-7-15-39-25/h5-6,9-14,16,23,25H,7-8,15,17-20H2,1-4H3,(H,34,36)/b22-16+. The summed E-state index contributed by atoms with van der Waals surface area (Å²) < 4.78 is 16.5. The Bertz CT molecular complexity index is 1420. The summed E-state index contributed by atoms with van der Waals surface area (Å²) in [6.07, 6.45) is 5.66. The Labute approximate surface area is 235 Å². The summed E-state index contributed by atoms with van der Waals surface area (Å²) in [5.74, 6) is 0.255. The molecular weight excluding hydrogens is 504 g/mol. The molecule has 0 bridgehead atoms. The van der Waals surface area contributed by atoms with Crippen molar-refractivity contribution in [2.45, 2.75) is 52.6 Å². The Morgan fingerprint density at radius 3 is 2.58 bits per heavy atom. The average Bonchev–Trinajstić information content (AvgIpc) is 3.47. The number of fused-ring (bicyclic) bond motifs is 2. The number of pyridine rings is 1. The van der Waals surface area contributed by atoms with Crippen LogP contribution in [0, 0.1) is 11.3 Å². The van der Waals surface area contributed by atoms with Gasteiger partial charge in [0.15, 0.2) is 6.61 Å². The smallest absolute Gasteiger partial charge is 0.339 e. The second kappa shape index (κ2) is 11.8. The maximum atomic E-state index is 13.7. The molecule has 2 unspecified atom stereocenters. The molecule has 1 saturated heterocycles. The van der Waals surface area contributed by atoms with Gasteiger partial charge in [-0.25, -0.2) is 9.78 Å². The van der Waals surface area contributed by atoms with Gasteiger partial charge in [0, 0.05) is 18.5 Å². The predicted molar refractivity (Wildman–Crippen MR) is 156 cm³/mol. The van der Waals surface area contributed by atoms with Crippen molar-refractivity contribution in [3.8, 4) is 5.75 Å². The molecule has 1 aromatic heterocycles. The predicted octanol–water partition coefficient (Wildman–Crippen LogP) is 5.84. The van der Waals surface area contributed by atoms with Crippen LogP contribution in [0.5, 0.6) is 5.75 Å². The fourth-order valence-corrected chi connectivity index (χ4v) is 5.56. The number of nitrogens with zero attached hydrogens (tertiary/aromatic N) is 1. The first-order valence-electron chi connectivity index (χ1n) is 14.0. The second-order valence-corrected chi connectivity index (χ2v) is 11.8. The van der Waals surface area contributed by atoms with Crippen molar-refractivity contribution in [2.75, 3.05) is 26.9 Å². The molecule has 1 fully saturated rings. The van der Waals surface area contributed by atoms with Crippen LogP contribution in [0.2, 0.25) is 0 Å². The lowest BCUT2D eigenvalue weighted by Gasteiger charge is -2.36. The van der Waals surface area contributed by atoms with Crippen LogP contribution < -0.4 is 10.1 Å². The number of esters is 1. The number of carbonyl (C=O) groups excluding carboxylic acids is 2. The SMILES string of the molecule is COc1ccc(/C=C2\CC(C(C)(C)C)Cc3c2nc2ccccc2c3C(=O)OCC(=O)NCC2CCCO2)cc1. The monoisotopic (exact) mass is 542 g/mol. The van der Waals surface area contributed by atoms with Gasteiger partial charge in [-0.05, 0) is 78.0 Å². The van der Waals surface area contributed by atoms with Crippen LogP contribution in [-0.4, -0.2) is 49.8 Å². The third-order valence-corrected chi connectivity index (χ3v) is 7.99. The van der Waals surface area contributed by atoms with Crippen LogP contribution in [0.4, 0.5) is 0 Å². The van der Waals surface area contributed by atoms with E-state index in [4.69, 9.17) is 19.2 Å². The molecule has 2 heterocycles. The molecule has 5 rings (SSSR count). The molecule has 3 aromatic rings. The van der Waals surface area contributed by atoms with E-state index < -0.39 is 5.97 Å². The van der Waals surface area contributed by atoms with Gasteiger partial charge >= 0.3 is 5.97 Å². The Balaban J connectivity index is 1.50. The zero-order valence-corrected chi connectivity index (χ0v) is 23.8. The average molecular weight is 543 g/mol. The van der Waals surface area contributed by atoms with Crippen molar-refractivity contribution >= 4 is 34.4 Å². The van der Waals surface area contributed by atoms with E-state index in [-0.39, 0.29) is 30.0 Å². The summed E-state index contributed by atoms with van der Waals surface area (Å²) >= 11 is 0. The summed E-state index contributed by atoms with van der Waals surface area (Å²) in [6, 6.07) is 15.6. The van der Waals surface area contributed by atoms with Crippen molar-refractivity contribution in [1.82, 2.24) is 10.3 Å². The van der Waals surface area contributed by atoms with E-state index in [9.17, 15) is 9.59 Å². The zero-order chi connectivity index (χ0) is 28.3. The normalized spacial score (nSPS) is 19.9. The fraction of sp³-hybridized carbons (Fsp3) is 0.424. The van der Waals surface area contributed by atoms with E-state index in [2.05, 4.69) is 32.2 Å². The minimum Gasteiger partial charge on any atom is -0.497 e. The summed E-state index contributed by atoms with van der Waals surface area (Å²) in [6.45, 7) is 7.51. The number of rotatable bonds is 7. The third kappa shape index (κ3) is 6.20. The lowest BCUT2D eigenvalue weighted by atomic mass is 9.69. The van der Waals surface area contributed by atoms with Crippen molar-refractivity contribution in [3.05, 3.63) is 70.9 Å². The molecule has 1 amide bonds. The van der Waals surface area contributed by atoms with E-state index in [0.29, 0.717) is 18.5 Å². The number of ether oxygens (including phenoxy) is 3. The molecule has 0 spiro atoms. The van der Waals surface area contributed by atoms with Crippen LogP contribution in [0.3, 0.4) is 0 Å². The number of carbonyl (C=O) groups is 2. The van der Waals surface area contributed by atoms with Gasteiger partial charge in [0.25, 0.3) is 5.91 Å². The van der Waals surface area contributed by atoms with Gasteiger partial charge in [0.05, 0.1) is 30.0 Å². The Hall–Kier alpha value is -3.71. The molecule has 210 valence electrons. The van der Waals surface area contributed by atoms with Crippen molar-refractivity contribution in [1.29, 1.82) is 0 Å². The number of hydrogen-bond donors (Lipinski definition) is 1. The number of hydrogen-bond acceptors (Lipinski definition) is 6. The highest BCUT2D eigenvalue weighted by Crippen LogP contribution is 2.45.